The number of halogens is 4. The van der Waals surface area contributed by atoms with Crippen LogP contribution in [0, 0.1) is 11.7 Å². The van der Waals surface area contributed by atoms with Crippen LogP contribution in [-0.2, 0) is 16.1 Å². The zero-order valence-electron chi connectivity index (χ0n) is 17.2. The fourth-order valence-electron chi connectivity index (χ4n) is 3.80. The summed E-state index contributed by atoms with van der Waals surface area (Å²) in [5.41, 5.74) is 8.50. The van der Waals surface area contributed by atoms with E-state index in [1.807, 2.05) is 0 Å². The van der Waals surface area contributed by atoms with Gasteiger partial charge in [-0.1, -0.05) is 31.2 Å². The number of carbonyl (C=O) groups excluding carboxylic acids is 2. The fraction of sp³-hybridized carbons (Fsp3) is 0.381. The number of alkyl halides is 3. The average molecular weight is 454 g/mol. The summed E-state index contributed by atoms with van der Waals surface area (Å²) in [5, 5.41) is 2.21. The maximum atomic E-state index is 14.1. The van der Waals surface area contributed by atoms with Gasteiger partial charge in [0.05, 0.1) is 11.9 Å². The lowest BCUT2D eigenvalue weighted by molar-refractivity contribution is -0.272. The SMILES string of the molecule is C[C@H]1[C@@H](c2ccc(CN)cc2)[C@H](C(=O)Nc2cc(C(N)=O)ncc2F)O[C@@]1(C)C(F)(F)F. The molecular weight excluding hydrogens is 432 g/mol. The van der Waals surface area contributed by atoms with Gasteiger partial charge in [0.25, 0.3) is 11.8 Å². The number of benzene rings is 1. The third kappa shape index (κ3) is 4.17. The lowest BCUT2D eigenvalue weighted by Gasteiger charge is -2.31. The zero-order chi connectivity index (χ0) is 23.8. The van der Waals surface area contributed by atoms with E-state index in [0.717, 1.165) is 18.6 Å². The molecule has 1 saturated heterocycles. The van der Waals surface area contributed by atoms with E-state index in [9.17, 15) is 27.2 Å². The van der Waals surface area contributed by atoms with Crippen molar-refractivity contribution in [3.8, 4) is 0 Å². The van der Waals surface area contributed by atoms with Crippen LogP contribution in [0.4, 0.5) is 23.2 Å². The largest absolute Gasteiger partial charge is 0.417 e. The van der Waals surface area contributed by atoms with Crippen molar-refractivity contribution in [1.82, 2.24) is 4.98 Å². The first kappa shape index (κ1) is 23.6. The van der Waals surface area contributed by atoms with Crippen molar-refractivity contribution >= 4 is 17.5 Å². The van der Waals surface area contributed by atoms with Gasteiger partial charge in [-0.05, 0) is 24.1 Å². The number of primary amides is 1. The summed E-state index contributed by atoms with van der Waals surface area (Å²) in [4.78, 5) is 27.8. The van der Waals surface area contributed by atoms with E-state index >= 15 is 0 Å². The van der Waals surface area contributed by atoms with Crippen molar-refractivity contribution in [3.63, 3.8) is 0 Å². The van der Waals surface area contributed by atoms with Crippen molar-refractivity contribution in [2.75, 3.05) is 5.32 Å². The van der Waals surface area contributed by atoms with Gasteiger partial charge >= 0.3 is 6.18 Å². The number of pyridine rings is 1. The van der Waals surface area contributed by atoms with Crippen molar-refractivity contribution in [1.29, 1.82) is 0 Å². The minimum atomic E-state index is -4.77. The predicted octanol–water partition coefficient (Wildman–Crippen LogP) is 2.86. The highest BCUT2D eigenvalue weighted by atomic mass is 19.4. The van der Waals surface area contributed by atoms with E-state index in [4.69, 9.17) is 16.2 Å². The molecule has 0 bridgehead atoms. The molecule has 32 heavy (non-hydrogen) atoms. The number of rotatable bonds is 5. The quantitative estimate of drug-likeness (QED) is 0.600. The number of hydrogen-bond acceptors (Lipinski definition) is 5. The molecule has 5 N–H and O–H groups in total. The highest BCUT2D eigenvalue weighted by Crippen LogP contribution is 2.53. The number of amides is 2. The minimum Gasteiger partial charge on any atom is -0.364 e. The van der Waals surface area contributed by atoms with Gasteiger partial charge in [-0.15, -0.1) is 0 Å². The molecule has 11 heteroatoms. The number of nitrogens with one attached hydrogen (secondary N) is 1. The summed E-state index contributed by atoms with van der Waals surface area (Å²) >= 11 is 0. The maximum absolute atomic E-state index is 14.1. The molecule has 1 aliphatic rings. The molecule has 3 rings (SSSR count). The molecule has 0 aliphatic carbocycles. The Morgan fingerprint density at radius 2 is 1.88 bits per heavy atom. The third-order valence-electron chi connectivity index (χ3n) is 5.89. The summed E-state index contributed by atoms with van der Waals surface area (Å²) in [5.74, 6) is -5.09. The molecule has 7 nitrogen and oxygen atoms in total. The van der Waals surface area contributed by atoms with Crippen LogP contribution in [0.2, 0.25) is 0 Å². The Morgan fingerprint density at radius 3 is 2.41 bits per heavy atom. The molecule has 0 saturated carbocycles. The highest BCUT2D eigenvalue weighted by molar-refractivity contribution is 5.97. The van der Waals surface area contributed by atoms with Gasteiger partial charge in [-0.25, -0.2) is 9.37 Å². The second-order valence-electron chi connectivity index (χ2n) is 7.81. The van der Waals surface area contributed by atoms with Gasteiger partial charge in [-0.3, -0.25) is 9.59 Å². The Kier molecular flexibility index (Phi) is 6.25. The second kappa shape index (κ2) is 8.47. The summed E-state index contributed by atoms with van der Waals surface area (Å²) in [6.45, 7) is 2.47. The number of aromatic nitrogens is 1. The van der Waals surface area contributed by atoms with Crippen LogP contribution in [0.25, 0.3) is 0 Å². The number of nitrogens with zero attached hydrogens (tertiary/aromatic N) is 1. The molecule has 0 spiro atoms. The lowest BCUT2D eigenvalue weighted by atomic mass is 9.77. The summed E-state index contributed by atoms with van der Waals surface area (Å²) in [6, 6.07) is 7.40. The number of carbonyl (C=O) groups is 2. The molecule has 1 aliphatic heterocycles. The number of hydrogen-bond donors (Lipinski definition) is 3. The van der Waals surface area contributed by atoms with E-state index < -0.39 is 53.0 Å². The summed E-state index contributed by atoms with van der Waals surface area (Å²) in [6.07, 6.45) is -5.68. The topological polar surface area (TPSA) is 120 Å². The standard InChI is InChI=1S/C21H22F4N4O3/c1-10-16(12-5-3-11(8-26)4-6-12)17(32-20(10,2)21(23,24)25)19(31)29-14-7-15(18(27)30)28-9-13(14)22/h3-7,9-10,16-17H,8,26H2,1-2H3,(H2,27,30)(H,28,29,31)/t10-,16-,17+,20+/m0/s1. The van der Waals surface area contributed by atoms with Crippen LogP contribution in [0.3, 0.4) is 0 Å². The van der Waals surface area contributed by atoms with Gasteiger partial charge in [0, 0.05) is 18.4 Å². The van der Waals surface area contributed by atoms with Crippen molar-refractivity contribution in [3.05, 3.63) is 59.2 Å². The van der Waals surface area contributed by atoms with E-state index in [2.05, 4.69) is 10.3 Å². The van der Waals surface area contributed by atoms with Gasteiger partial charge in [0.2, 0.25) is 0 Å². The first-order valence-electron chi connectivity index (χ1n) is 9.68. The fourth-order valence-corrected chi connectivity index (χ4v) is 3.80. The Morgan fingerprint density at radius 1 is 1.25 bits per heavy atom. The van der Waals surface area contributed by atoms with Crippen LogP contribution in [0.5, 0.6) is 0 Å². The molecule has 4 atom stereocenters. The molecule has 2 aromatic rings. The molecule has 0 radical (unpaired) electrons. The Labute approximate surface area is 181 Å². The number of anilines is 1. The smallest absolute Gasteiger partial charge is 0.364 e. The molecular formula is C21H22F4N4O3. The van der Waals surface area contributed by atoms with Gasteiger partial charge in [0.1, 0.15) is 11.8 Å². The van der Waals surface area contributed by atoms with Gasteiger partial charge in [-0.2, -0.15) is 13.2 Å². The van der Waals surface area contributed by atoms with Crippen LogP contribution in [-0.4, -0.2) is 34.7 Å². The lowest BCUT2D eigenvalue weighted by Crippen LogP contribution is -2.47. The van der Waals surface area contributed by atoms with E-state index in [1.165, 1.54) is 6.92 Å². The Bertz CT molecular complexity index is 1030. The molecule has 172 valence electrons. The maximum Gasteiger partial charge on any atom is 0.417 e. The highest BCUT2D eigenvalue weighted by Gasteiger charge is 2.65. The van der Waals surface area contributed by atoms with Gasteiger partial charge in [0.15, 0.2) is 11.4 Å². The minimum absolute atomic E-state index is 0.241. The van der Waals surface area contributed by atoms with Crippen LogP contribution >= 0.6 is 0 Å². The number of nitrogens with two attached hydrogens (primary N) is 2. The Balaban J connectivity index is 2.00. The molecule has 2 heterocycles. The van der Waals surface area contributed by atoms with Crippen LogP contribution in [0.1, 0.15) is 41.4 Å². The molecule has 2 amide bonds. The Hall–Kier alpha value is -3.05. The van der Waals surface area contributed by atoms with Gasteiger partial charge < -0.3 is 21.5 Å². The number of ether oxygens (including phenoxy) is 1. The molecule has 0 unspecified atom stereocenters. The molecule has 1 aromatic carbocycles. The second-order valence-corrected chi connectivity index (χ2v) is 7.81. The van der Waals surface area contributed by atoms with Crippen molar-refractivity contribution < 1.29 is 31.9 Å². The van der Waals surface area contributed by atoms with E-state index in [0.29, 0.717) is 11.8 Å². The van der Waals surface area contributed by atoms with Crippen LogP contribution in [0.15, 0.2) is 36.5 Å². The van der Waals surface area contributed by atoms with E-state index in [1.54, 1.807) is 24.3 Å². The van der Waals surface area contributed by atoms with Crippen LogP contribution < -0.4 is 16.8 Å². The first-order chi connectivity index (χ1) is 14.9. The van der Waals surface area contributed by atoms with E-state index in [-0.39, 0.29) is 12.2 Å². The molecule has 1 aromatic heterocycles. The monoisotopic (exact) mass is 454 g/mol. The third-order valence-corrected chi connectivity index (χ3v) is 5.89. The zero-order valence-corrected chi connectivity index (χ0v) is 17.2. The summed E-state index contributed by atoms with van der Waals surface area (Å²) < 4.78 is 61.1. The first-order valence-corrected chi connectivity index (χ1v) is 9.68. The molecule has 1 fully saturated rings. The van der Waals surface area contributed by atoms with Crippen molar-refractivity contribution in [2.45, 2.75) is 44.2 Å². The predicted molar refractivity (Wildman–Crippen MR) is 107 cm³/mol. The normalized spacial score (nSPS) is 25.5. The average Bonchev–Trinajstić information content (AvgIpc) is 3.01. The van der Waals surface area contributed by atoms with Crippen molar-refractivity contribution in [2.24, 2.45) is 17.4 Å². The summed E-state index contributed by atoms with van der Waals surface area (Å²) in [7, 11) is 0.